The van der Waals surface area contributed by atoms with Crippen molar-refractivity contribution in [3.63, 3.8) is 0 Å². The first-order valence-corrected chi connectivity index (χ1v) is 9.85. The normalized spacial score (nSPS) is 12.3. The van der Waals surface area contributed by atoms with Crippen LogP contribution >= 0.6 is 0 Å². The minimum Gasteiger partial charge on any atom is -0.326 e. The Hall–Kier alpha value is -2.71. The van der Waals surface area contributed by atoms with Gasteiger partial charge >= 0.3 is 0 Å². The van der Waals surface area contributed by atoms with Crippen LogP contribution in [0.2, 0.25) is 0 Å². The van der Waals surface area contributed by atoms with E-state index >= 15 is 0 Å². The molecule has 144 valence electrons. The minimum atomic E-state index is -3.88. The first kappa shape index (κ1) is 20.6. The highest BCUT2D eigenvalue weighted by molar-refractivity contribution is 7.89. The van der Waals surface area contributed by atoms with E-state index in [0.717, 1.165) is 11.1 Å². The Kier molecular flexibility index (Phi) is 6.35. The second-order valence-corrected chi connectivity index (χ2v) is 8.07. The molecule has 0 spiro atoms. The zero-order valence-electron chi connectivity index (χ0n) is 15.7. The molecule has 27 heavy (non-hydrogen) atoms. The number of hydrogen-bond donors (Lipinski definition) is 3. The summed E-state index contributed by atoms with van der Waals surface area (Å²) in [5.74, 6) is -0.706. The van der Waals surface area contributed by atoms with Crippen molar-refractivity contribution in [3.8, 4) is 0 Å². The third kappa shape index (κ3) is 5.63. The quantitative estimate of drug-likeness (QED) is 0.706. The van der Waals surface area contributed by atoms with E-state index in [4.69, 9.17) is 0 Å². The lowest BCUT2D eigenvalue weighted by Gasteiger charge is -2.16. The van der Waals surface area contributed by atoms with Gasteiger partial charge in [0.15, 0.2) is 0 Å². The lowest BCUT2D eigenvalue weighted by atomic mass is 10.1. The molecule has 2 aromatic rings. The van der Waals surface area contributed by atoms with Crippen LogP contribution < -0.4 is 15.4 Å². The molecule has 0 aliphatic heterocycles. The van der Waals surface area contributed by atoms with Crippen molar-refractivity contribution >= 4 is 33.2 Å². The van der Waals surface area contributed by atoms with Crippen molar-refractivity contribution in [3.05, 3.63) is 53.6 Å². The second-order valence-electron chi connectivity index (χ2n) is 6.36. The van der Waals surface area contributed by atoms with Crippen molar-refractivity contribution < 1.29 is 18.0 Å². The molecule has 7 nitrogen and oxygen atoms in total. The summed E-state index contributed by atoms with van der Waals surface area (Å²) in [6.45, 7) is 6.61. The van der Waals surface area contributed by atoms with Gasteiger partial charge < -0.3 is 10.6 Å². The Bertz CT molecular complexity index is 953. The minimum absolute atomic E-state index is 0.00277. The number of benzene rings is 2. The highest BCUT2D eigenvalue weighted by atomic mass is 32.2. The van der Waals surface area contributed by atoms with Gasteiger partial charge in [0.25, 0.3) is 0 Å². The Labute approximate surface area is 159 Å². The molecule has 0 radical (unpaired) electrons. The maximum Gasteiger partial charge on any atom is 0.242 e. The van der Waals surface area contributed by atoms with E-state index in [9.17, 15) is 18.0 Å². The summed E-state index contributed by atoms with van der Waals surface area (Å²) in [6, 6.07) is 10.4. The van der Waals surface area contributed by atoms with Crippen LogP contribution in [0, 0.1) is 13.8 Å². The van der Waals surface area contributed by atoms with E-state index < -0.39 is 22.0 Å². The average Bonchev–Trinajstić information content (AvgIpc) is 2.57. The molecule has 0 unspecified atom stereocenters. The van der Waals surface area contributed by atoms with Gasteiger partial charge in [0.05, 0.1) is 10.9 Å². The van der Waals surface area contributed by atoms with Gasteiger partial charge in [-0.15, -0.1) is 0 Å². The van der Waals surface area contributed by atoms with Crippen LogP contribution in [-0.4, -0.2) is 26.3 Å². The first-order chi connectivity index (χ1) is 12.6. The molecular weight excluding hydrogens is 366 g/mol. The zero-order valence-corrected chi connectivity index (χ0v) is 16.5. The zero-order chi connectivity index (χ0) is 20.2. The van der Waals surface area contributed by atoms with E-state index in [1.165, 1.54) is 38.1 Å². The fourth-order valence-electron chi connectivity index (χ4n) is 2.39. The largest absolute Gasteiger partial charge is 0.326 e. The molecule has 2 amide bonds. The summed E-state index contributed by atoms with van der Waals surface area (Å²) in [6.07, 6.45) is 0. The summed E-state index contributed by atoms with van der Waals surface area (Å²) in [5.41, 5.74) is 3.01. The number of rotatable bonds is 6. The van der Waals surface area contributed by atoms with Gasteiger partial charge in [-0.25, -0.2) is 8.42 Å². The number of nitrogens with one attached hydrogen (secondary N) is 3. The number of aryl methyl sites for hydroxylation is 2. The van der Waals surface area contributed by atoms with Gasteiger partial charge in [-0.05, 0) is 62.2 Å². The Morgan fingerprint density at radius 1 is 0.963 bits per heavy atom. The molecular formula is C19H23N3O4S. The number of carbonyl (C=O) groups is 2. The monoisotopic (exact) mass is 389 g/mol. The highest BCUT2D eigenvalue weighted by Crippen LogP contribution is 2.17. The molecule has 0 aliphatic carbocycles. The fraction of sp³-hybridized carbons (Fsp3) is 0.263. The van der Waals surface area contributed by atoms with Crippen LogP contribution in [0.25, 0.3) is 0 Å². The SMILES string of the molecule is CC(=O)Nc1ccc(S(=O)(=O)N[C@@H](C)C(=O)Nc2cc(C)ccc2C)cc1. The smallest absolute Gasteiger partial charge is 0.242 e. The van der Waals surface area contributed by atoms with Crippen LogP contribution in [0.15, 0.2) is 47.4 Å². The molecule has 0 saturated carbocycles. The Morgan fingerprint density at radius 2 is 1.59 bits per heavy atom. The van der Waals surface area contributed by atoms with Gasteiger partial charge in [-0.3, -0.25) is 9.59 Å². The number of carbonyl (C=O) groups excluding carboxylic acids is 2. The Morgan fingerprint density at radius 3 is 2.19 bits per heavy atom. The molecule has 1 atom stereocenters. The average molecular weight is 389 g/mol. The molecule has 0 saturated heterocycles. The molecule has 0 heterocycles. The number of anilines is 2. The molecule has 8 heteroatoms. The lowest BCUT2D eigenvalue weighted by Crippen LogP contribution is -2.41. The summed E-state index contributed by atoms with van der Waals surface area (Å²) < 4.78 is 27.3. The van der Waals surface area contributed by atoms with Gasteiger partial charge in [-0.1, -0.05) is 12.1 Å². The maximum absolute atomic E-state index is 12.5. The van der Waals surface area contributed by atoms with Gasteiger partial charge in [0, 0.05) is 18.3 Å². The summed E-state index contributed by atoms with van der Waals surface area (Å²) in [4.78, 5) is 23.4. The maximum atomic E-state index is 12.5. The van der Waals surface area contributed by atoms with Crippen molar-refractivity contribution in [1.29, 1.82) is 0 Å². The van der Waals surface area contributed by atoms with E-state index in [0.29, 0.717) is 11.4 Å². The molecule has 0 fully saturated rings. The molecule has 3 N–H and O–H groups in total. The lowest BCUT2D eigenvalue weighted by molar-refractivity contribution is -0.117. The van der Waals surface area contributed by atoms with Crippen LogP contribution in [0.1, 0.15) is 25.0 Å². The van der Waals surface area contributed by atoms with E-state index in [-0.39, 0.29) is 10.8 Å². The van der Waals surface area contributed by atoms with Crippen LogP contribution in [0.5, 0.6) is 0 Å². The second kappa shape index (κ2) is 8.32. The summed E-state index contributed by atoms with van der Waals surface area (Å²) in [5, 5.41) is 5.30. The standard InChI is InChI=1S/C19H23N3O4S/c1-12-5-6-13(2)18(11-12)21-19(24)14(3)22-27(25,26)17-9-7-16(8-10-17)20-15(4)23/h5-11,14,22H,1-4H3,(H,20,23)(H,21,24)/t14-/m0/s1. The third-order valence-corrected chi connectivity index (χ3v) is 5.42. The van der Waals surface area contributed by atoms with Crippen molar-refractivity contribution in [2.45, 2.75) is 38.6 Å². The third-order valence-electron chi connectivity index (χ3n) is 3.86. The van der Waals surface area contributed by atoms with Crippen molar-refractivity contribution in [1.82, 2.24) is 4.72 Å². The van der Waals surface area contributed by atoms with Crippen LogP contribution in [-0.2, 0) is 19.6 Å². The molecule has 0 aliphatic rings. The first-order valence-electron chi connectivity index (χ1n) is 8.36. The number of amides is 2. The van der Waals surface area contributed by atoms with Gasteiger partial charge in [0.1, 0.15) is 0 Å². The number of hydrogen-bond acceptors (Lipinski definition) is 4. The van der Waals surface area contributed by atoms with E-state index in [1.807, 2.05) is 32.0 Å². The van der Waals surface area contributed by atoms with Gasteiger partial charge in [0.2, 0.25) is 21.8 Å². The molecule has 2 aromatic carbocycles. The van der Waals surface area contributed by atoms with Crippen molar-refractivity contribution in [2.24, 2.45) is 0 Å². The summed E-state index contributed by atoms with van der Waals surface area (Å²) in [7, 11) is -3.88. The Balaban J connectivity index is 2.08. The fourth-order valence-corrected chi connectivity index (χ4v) is 3.59. The highest BCUT2D eigenvalue weighted by Gasteiger charge is 2.22. The van der Waals surface area contributed by atoms with E-state index in [2.05, 4.69) is 15.4 Å². The molecule has 0 aromatic heterocycles. The topological polar surface area (TPSA) is 104 Å². The van der Waals surface area contributed by atoms with E-state index in [1.54, 1.807) is 0 Å². The summed E-state index contributed by atoms with van der Waals surface area (Å²) >= 11 is 0. The van der Waals surface area contributed by atoms with Crippen LogP contribution in [0.4, 0.5) is 11.4 Å². The molecule has 0 bridgehead atoms. The van der Waals surface area contributed by atoms with Gasteiger partial charge in [-0.2, -0.15) is 4.72 Å². The molecule has 2 rings (SSSR count). The van der Waals surface area contributed by atoms with Crippen LogP contribution in [0.3, 0.4) is 0 Å². The predicted molar refractivity (Wildman–Crippen MR) is 105 cm³/mol. The number of sulfonamides is 1. The predicted octanol–water partition coefficient (Wildman–Crippen LogP) is 2.57. The van der Waals surface area contributed by atoms with Crippen molar-refractivity contribution in [2.75, 3.05) is 10.6 Å².